The van der Waals surface area contributed by atoms with Gasteiger partial charge in [-0.2, -0.15) is 0 Å². The summed E-state index contributed by atoms with van der Waals surface area (Å²) in [5.41, 5.74) is 0. The van der Waals surface area contributed by atoms with E-state index in [4.69, 9.17) is 0 Å². The van der Waals surface area contributed by atoms with Crippen LogP contribution in [-0.2, 0) is 4.79 Å². The molecule has 0 spiro atoms. The Balaban J connectivity index is 1.88. The molecule has 3 unspecified atom stereocenters. The van der Waals surface area contributed by atoms with E-state index < -0.39 is 0 Å². The van der Waals surface area contributed by atoms with Crippen molar-refractivity contribution in [3.8, 4) is 0 Å². The molecule has 1 amide bonds. The van der Waals surface area contributed by atoms with Crippen LogP contribution in [0, 0.1) is 17.8 Å². The molecule has 116 valence electrons. The van der Waals surface area contributed by atoms with Gasteiger partial charge in [0.25, 0.3) is 0 Å². The van der Waals surface area contributed by atoms with Crippen LogP contribution in [0.4, 0.5) is 0 Å². The Bertz CT molecular complexity index is 323. The van der Waals surface area contributed by atoms with Crippen LogP contribution in [-0.4, -0.2) is 29.6 Å². The van der Waals surface area contributed by atoms with Crippen molar-refractivity contribution in [3.63, 3.8) is 0 Å². The van der Waals surface area contributed by atoms with Crippen LogP contribution in [0.2, 0.25) is 0 Å². The van der Waals surface area contributed by atoms with Crippen molar-refractivity contribution < 1.29 is 4.79 Å². The SMILES string of the molecule is CCC1CCC(CN2C(=O)C(C(C)CC)NC2C)CC1. The minimum absolute atomic E-state index is 0.0435. The molecular weight excluding hydrogens is 248 g/mol. The zero-order valence-electron chi connectivity index (χ0n) is 13.7. The lowest BCUT2D eigenvalue weighted by atomic mass is 9.80. The molecule has 20 heavy (non-hydrogen) atoms. The second-order valence-corrected chi connectivity index (χ2v) is 6.99. The van der Waals surface area contributed by atoms with Gasteiger partial charge in [-0.15, -0.1) is 0 Å². The molecule has 0 aromatic carbocycles. The van der Waals surface area contributed by atoms with Crippen LogP contribution in [0.1, 0.15) is 66.2 Å². The van der Waals surface area contributed by atoms with E-state index in [0.717, 1.165) is 24.8 Å². The topological polar surface area (TPSA) is 32.3 Å². The minimum atomic E-state index is 0.0435. The highest BCUT2D eigenvalue weighted by Gasteiger charge is 2.39. The van der Waals surface area contributed by atoms with Crippen LogP contribution in [0.3, 0.4) is 0 Å². The molecule has 3 heteroatoms. The number of carbonyl (C=O) groups excluding carboxylic acids is 1. The van der Waals surface area contributed by atoms with Crippen molar-refractivity contribution in [3.05, 3.63) is 0 Å². The summed E-state index contributed by atoms with van der Waals surface area (Å²) in [7, 11) is 0. The van der Waals surface area contributed by atoms with E-state index in [1.165, 1.54) is 32.1 Å². The molecule has 1 aliphatic carbocycles. The van der Waals surface area contributed by atoms with E-state index in [1.807, 2.05) is 0 Å². The van der Waals surface area contributed by atoms with Crippen molar-refractivity contribution in [1.82, 2.24) is 10.2 Å². The zero-order chi connectivity index (χ0) is 14.7. The molecule has 0 aromatic rings. The van der Waals surface area contributed by atoms with E-state index in [9.17, 15) is 4.79 Å². The molecule has 0 bridgehead atoms. The standard InChI is InChI=1S/C17H32N2O/c1-5-12(3)16-17(20)19(13(4)18-16)11-15-9-7-14(6-2)8-10-15/h12-16,18H,5-11H2,1-4H3. The molecule has 1 N–H and O–H groups in total. The first-order chi connectivity index (χ1) is 9.56. The maximum Gasteiger partial charge on any atom is 0.241 e. The van der Waals surface area contributed by atoms with Gasteiger partial charge in [0.1, 0.15) is 0 Å². The Morgan fingerprint density at radius 1 is 1.20 bits per heavy atom. The maximum atomic E-state index is 12.6. The molecular formula is C17H32N2O. The number of nitrogens with zero attached hydrogens (tertiary/aromatic N) is 1. The van der Waals surface area contributed by atoms with Gasteiger partial charge in [-0.05, 0) is 37.5 Å². The average molecular weight is 280 g/mol. The first-order valence-electron chi connectivity index (χ1n) is 8.63. The Morgan fingerprint density at radius 2 is 1.80 bits per heavy atom. The molecule has 2 rings (SSSR count). The normalized spacial score (nSPS) is 36.4. The summed E-state index contributed by atoms with van der Waals surface area (Å²) in [6, 6.07) is 0.0435. The fraction of sp³-hybridized carbons (Fsp3) is 0.941. The van der Waals surface area contributed by atoms with Crippen LogP contribution < -0.4 is 5.32 Å². The number of carbonyl (C=O) groups is 1. The van der Waals surface area contributed by atoms with E-state index >= 15 is 0 Å². The van der Waals surface area contributed by atoms with Gasteiger partial charge in [-0.1, -0.05) is 46.5 Å². The number of nitrogens with one attached hydrogen (secondary N) is 1. The third kappa shape index (κ3) is 3.36. The van der Waals surface area contributed by atoms with Gasteiger partial charge in [0.05, 0.1) is 12.2 Å². The van der Waals surface area contributed by atoms with E-state index in [-0.39, 0.29) is 12.2 Å². The van der Waals surface area contributed by atoms with Gasteiger partial charge in [0.2, 0.25) is 5.91 Å². The lowest BCUT2D eigenvalue weighted by molar-refractivity contribution is -0.131. The van der Waals surface area contributed by atoms with Crippen molar-refractivity contribution in [2.75, 3.05) is 6.54 Å². The van der Waals surface area contributed by atoms with E-state index in [1.54, 1.807) is 0 Å². The largest absolute Gasteiger partial charge is 0.326 e. The molecule has 1 saturated heterocycles. The van der Waals surface area contributed by atoms with Gasteiger partial charge in [0, 0.05) is 6.54 Å². The number of rotatable bonds is 5. The average Bonchev–Trinajstić information content (AvgIpc) is 2.75. The fourth-order valence-corrected chi connectivity index (χ4v) is 3.78. The Morgan fingerprint density at radius 3 is 2.35 bits per heavy atom. The Hall–Kier alpha value is -0.570. The molecule has 0 aromatic heterocycles. The van der Waals surface area contributed by atoms with E-state index in [2.05, 4.69) is 37.9 Å². The monoisotopic (exact) mass is 280 g/mol. The van der Waals surface area contributed by atoms with Gasteiger partial charge in [-0.25, -0.2) is 0 Å². The van der Waals surface area contributed by atoms with Crippen LogP contribution in [0.25, 0.3) is 0 Å². The summed E-state index contributed by atoms with van der Waals surface area (Å²) in [5.74, 6) is 2.43. The first kappa shape index (κ1) is 15.8. The summed E-state index contributed by atoms with van der Waals surface area (Å²) < 4.78 is 0. The lowest BCUT2D eigenvalue weighted by Crippen LogP contribution is -2.39. The first-order valence-corrected chi connectivity index (χ1v) is 8.63. The highest BCUT2D eigenvalue weighted by molar-refractivity contribution is 5.84. The molecule has 3 atom stereocenters. The molecule has 1 heterocycles. The highest BCUT2D eigenvalue weighted by Crippen LogP contribution is 2.32. The quantitative estimate of drug-likeness (QED) is 0.837. The summed E-state index contributed by atoms with van der Waals surface area (Å²) >= 11 is 0. The third-order valence-electron chi connectivity index (χ3n) is 5.65. The van der Waals surface area contributed by atoms with Crippen molar-refractivity contribution in [2.45, 2.75) is 78.4 Å². The van der Waals surface area contributed by atoms with Crippen LogP contribution in [0.5, 0.6) is 0 Å². The smallest absolute Gasteiger partial charge is 0.241 e. The lowest BCUT2D eigenvalue weighted by Gasteiger charge is -2.32. The Labute approximate surface area is 124 Å². The van der Waals surface area contributed by atoms with Gasteiger partial charge in [0.15, 0.2) is 0 Å². The van der Waals surface area contributed by atoms with Gasteiger partial charge < -0.3 is 4.90 Å². The zero-order valence-corrected chi connectivity index (χ0v) is 13.7. The number of hydrogen-bond acceptors (Lipinski definition) is 2. The second-order valence-electron chi connectivity index (χ2n) is 6.99. The summed E-state index contributed by atoms with van der Waals surface area (Å²) in [4.78, 5) is 14.7. The number of amides is 1. The third-order valence-corrected chi connectivity index (χ3v) is 5.65. The predicted octanol–water partition coefficient (Wildman–Crippen LogP) is 3.40. The molecule has 2 aliphatic rings. The minimum Gasteiger partial charge on any atom is -0.326 e. The van der Waals surface area contributed by atoms with Gasteiger partial charge in [-0.3, -0.25) is 10.1 Å². The maximum absolute atomic E-state index is 12.6. The van der Waals surface area contributed by atoms with Crippen LogP contribution >= 0.6 is 0 Å². The van der Waals surface area contributed by atoms with Gasteiger partial charge >= 0.3 is 0 Å². The van der Waals surface area contributed by atoms with E-state index in [0.29, 0.717) is 11.8 Å². The summed E-state index contributed by atoms with van der Waals surface area (Å²) in [6.07, 6.45) is 7.94. The molecule has 1 saturated carbocycles. The summed E-state index contributed by atoms with van der Waals surface area (Å²) in [6.45, 7) is 9.75. The fourth-order valence-electron chi connectivity index (χ4n) is 3.78. The molecule has 1 aliphatic heterocycles. The Kier molecular flexibility index (Phi) is 5.48. The van der Waals surface area contributed by atoms with Crippen molar-refractivity contribution in [2.24, 2.45) is 17.8 Å². The highest BCUT2D eigenvalue weighted by atomic mass is 16.2. The molecule has 0 radical (unpaired) electrons. The second kappa shape index (κ2) is 6.93. The molecule has 3 nitrogen and oxygen atoms in total. The van der Waals surface area contributed by atoms with Crippen molar-refractivity contribution in [1.29, 1.82) is 0 Å². The van der Waals surface area contributed by atoms with Crippen LogP contribution in [0.15, 0.2) is 0 Å². The predicted molar refractivity (Wildman–Crippen MR) is 83.3 cm³/mol. The summed E-state index contributed by atoms with van der Waals surface area (Å²) in [5, 5.41) is 3.49. The van der Waals surface area contributed by atoms with Crippen molar-refractivity contribution >= 4 is 5.91 Å². The number of hydrogen-bond donors (Lipinski definition) is 1. The molecule has 2 fully saturated rings.